The number of aromatic nitrogens is 1. The van der Waals surface area contributed by atoms with E-state index in [0.29, 0.717) is 42.8 Å². The number of hydrogen-bond donors (Lipinski definition) is 1. The van der Waals surface area contributed by atoms with Gasteiger partial charge in [-0.05, 0) is 23.8 Å². The maximum absolute atomic E-state index is 14.7. The molecule has 1 N–H and O–H groups in total. The largest absolute Gasteiger partial charge is 0.359 e. The molecule has 1 aromatic heterocycles. The minimum Gasteiger partial charge on any atom is -0.359 e. The van der Waals surface area contributed by atoms with Crippen LogP contribution in [0.25, 0.3) is 10.9 Å². The molecule has 0 aliphatic carbocycles. The molecule has 0 spiro atoms. The van der Waals surface area contributed by atoms with Crippen LogP contribution in [-0.4, -0.2) is 53.2 Å². The molecule has 1 saturated heterocycles. The molecule has 1 fully saturated rings. The highest BCUT2D eigenvalue weighted by Gasteiger charge is 2.27. The lowest BCUT2D eigenvalue weighted by molar-refractivity contribution is 0.0281. The number of carbonyl (C=O) groups excluding carboxylic acids is 1. The molecule has 148 valence electrons. The predicted molar refractivity (Wildman–Crippen MR) is 105 cm³/mol. The van der Waals surface area contributed by atoms with E-state index in [2.05, 4.69) is 11.1 Å². The number of rotatable bonds is 4. The quantitative estimate of drug-likeness (QED) is 0.689. The number of alkyl halides is 1. The lowest BCUT2D eigenvalue weighted by Gasteiger charge is -2.36. The average molecular weight is 394 g/mol. The molecular weight excluding hydrogens is 374 g/mol. The van der Waals surface area contributed by atoms with Gasteiger partial charge in [0.25, 0.3) is 5.91 Å². The van der Waals surface area contributed by atoms with E-state index < -0.39 is 6.30 Å². The number of hydrogen-bond acceptors (Lipinski definition) is 3. The summed E-state index contributed by atoms with van der Waals surface area (Å²) in [5.74, 6) is -0.467. The Morgan fingerprint density at radius 1 is 1.14 bits per heavy atom. The van der Waals surface area contributed by atoms with Crippen molar-refractivity contribution >= 4 is 16.8 Å². The minimum atomic E-state index is -1.18. The van der Waals surface area contributed by atoms with Crippen LogP contribution >= 0.6 is 0 Å². The van der Waals surface area contributed by atoms with Crippen molar-refractivity contribution in [3.63, 3.8) is 0 Å². The number of amides is 1. The maximum atomic E-state index is 14.7. The molecule has 1 atom stereocenters. The van der Waals surface area contributed by atoms with E-state index in [4.69, 9.17) is 0 Å². The second kappa shape index (κ2) is 8.02. The molecule has 1 amide bonds. The number of benzene rings is 2. The van der Waals surface area contributed by atoms with Crippen LogP contribution in [0, 0.1) is 17.1 Å². The zero-order valence-electron chi connectivity index (χ0n) is 15.7. The molecule has 2 aromatic carbocycles. The Labute approximate surface area is 167 Å². The summed E-state index contributed by atoms with van der Waals surface area (Å²) in [6, 6.07) is 13.3. The third-order valence-corrected chi connectivity index (χ3v) is 5.38. The van der Waals surface area contributed by atoms with E-state index in [1.54, 1.807) is 40.3 Å². The highest BCUT2D eigenvalue weighted by Crippen LogP contribution is 2.23. The summed E-state index contributed by atoms with van der Waals surface area (Å²) in [5, 5.41) is 9.90. The Kier molecular flexibility index (Phi) is 5.28. The van der Waals surface area contributed by atoms with Crippen LogP contribution in [0.3, 0.4) is 0 Å². The molecule has 2 heterocycles. The van der Waals surface area contributed by atoms with Crippen LogP contribution in [0.5, 0.6) is 0 Å². The fraction of sp³-hybridized carbons (Fsp3) is 0.273. The Hall–Kier alpha value is -3.24. The molecule has 5 nitrogen and oxygen atoms in total. The van der Waals surface area contributed by atoms with Crippen molar-refractivity contribution in [2.45, 2.75) is 12.7 Å². The van der Waals surface area contributed by atoms with Crippen molar-refractivity contribution in [2.24, 2.45) is 0 Å². The van der Waals surface area contributed by atoms with E-state index in [0.717, 1.165) is 10.9 Å². The van der Waals surface area contributed by atoms with E-state index in [9.17, 15) is 18.8 Å². The Morgan fingerprint density at radius 2 is 1.86 bits per heavy atom. The summed E-state index contributed by atoms with van der Waals surface area (Å²) in [4.78, 5) is 19.4. The molecule has 1 unspecified atom stereocenters. The van der Waals surface area contributed by atoms with Gasteiger partial charge in [-0.3, -0.25) is 9.69 Å². The van der Waals surface area contributed by atoms with Crippen LogP contribution < -0.4 is 0 Å². The summed E-state index contributed by atoms with van der Waals surface area (Å²) < 4.78 is 27.7. The van der Waals surface area contributed by atoms with Gasteiger partial charge in [-0.15, -0.1) is 0 Å². The van der Waals surface area contributed by atoms with Crippen LogP contribution in [0.4, 0.5) is 8.78 Å². The van der Waals surface area contributed by atoms with Gasteiger partial charge in [0, 0.05) is 44.2 Å². The molecule has 1 aliphatic heterocycles. The van der Waals surface area contributed by atoms with Gasteiger partial charge in [0.15, 0.2) is 6.30 Å². The number of carbonyl (C=O) groups is 1. The summed E-state index contributed by atoms with van der Waals surface area (Å²) in [6.07, 6.45) is 0.609. The van der Waals surface area contributed by atoms with Crippen LogP contribution in [0.1, 0.15) is 21.5 Å². The lowest BCUT2D eigenvalue weighted by atomic mass is 10.1. The van der Waals surface area contributed by atoms with Crippen molar-refractivity contribution < 1.29 is 13.6 Å². The second-order valence-corrected chi connectivity index (χ2v) is 7.14. The monoisotopic (exact) mass is 394 g/mol. The fourth-order valence-electron chi connectivity index (χ4n) is 3.74. The smallest absolute Gasteiger partial charge is 0.256 e. The highest BCUT2D eigenvalue weighted by molar-refractivity contribution is 6.06. The Bertz CT molecular complexity index is 1060. The first kappa shape index (κ1) is 19.1. The summed E-state index contributed by atoms with van der Waals surface area (Å²) >= 11 is 0. The third kappa shape index (κ3) is 3.84. The lowest BCUT2D eigenvalue weighted by Crippen LogP contribution is -2.51. The predicted octanol–water partition coefficient (Wildman–Crippen LogP) is 3.47. The van der Waals surface area contributed by atoms with E-state index in [-0.39, 0.29) is 18.1 Å². The first-order valence-electron chi connectivity index (χ1n) is 9.49. The van der Waals surface area contributed by atoms with Gasteiger partial charge in [0.2, 0.25) is 0 Å². The zero-order valence-corrected chi connectivity index (χ0v) is 15.7. The number of fused-ring (bicyclic) bond motifs is 1. The number of nitriles is 1. The summed E-state index contributed by atoms with van der Waals surface area (Å²) in [6.45, 7) is 1.70. The first-order chi connectivity index (χ1) is 14.1. The average Bonchev–Trinajstić information content (AvgIpc) is 3.18. The highest BCUT2D eigenvalue weighted by atomic mass is 19.1. The van der Waals surface area contributed by atoms with Crippen molar-refractivity contribution in [1.82, 2.24) is 14.8 Å². The molecule has 29 heavy (non-hydrogen) atoms. The van der Waals surface area contributed by atoms with Crippen molar-refractivity contribution in [1.29, 1.82) is 5.26 Å². The molecule has 0 saturated carbocycles. The maximum Gasteiger partial charge on any atom is 0.256 e. The van der Waals surface area contributed by atoms with Gasteiger partial charge in [0.05, 0.1) is 16.6 Å². The van der Waals surface area contributed by atoms with Crippen LogP contribution in [0.15, 0.2) is 48.7 Å². The van der Waals surface area contributed by atoms with E-state index >= 15 is 0 Å². The van der Waals surface area contributed by atoms with Crippen LogP contribution in [0.2, 0.25) is 0 Å². The number of H-pyrrole nitrogens is 1. The Morgan fingerprint density at radius 3 is 2.55 bits per heavy atom. The third-order valence-electron chi connectivity index (χ3n) is 5.38. The standard InChI is InChI=1S/C22H20F2N4O/c23-17-6-4-15(5-7-17)12-20(24)27-8-10-28(11-9-27)22(29)19-3-1-2-18-16(13-25)14-26-21(18)19/h1-7,14,20,26H,8-12H2. The van der Waals surface area contributed by atoms with Gasteiger partial charge in [-0.25, -0.2) is 8.78 Å². The number of nitrogens with one attached hydrogen (secondary N) is 1. The van der Waals surface area contributed by atoms with E-state index in [1.807, 2.05) is 6.07 Å². The minimum absolute atomic E-state index is 0.129. The molecule has 1 aliphatic rings. The Balaban J connectivity index is 1.40. The number of para-hydroxylation sites is 1. The van der Waals surface area contributed by atoms with Gasteiger partial charge in [-0.1, -0.05) is 24.3 Å². The summed E-state index contributed by atoms with van der Waals surface area (Å²) in [5.41, 5.74) is 2.40. The first-order valence-corrected chi connectivity index (χ1v) is 9.49. The SMILES string of the molecule is N#Cc1c[nH]c2c(C(=O)N3CCN(C(F)Cc4ccc(F)cc4)CC3)cccc12. The molecule has 3 aromatic rings. The summed E-state index contributed by atoms with van der Waals surface area (Å²) in [7, 11) is 0. The molecule has 7 heteroatoms. The second-order valence-electron chi connectivity index (χ2n) is 7.14. The zero-order chi connectivity index (χ0) is 20.4. The van der Waals surface area contributed by atoms with Crippen molar-refractivity contribution in [2.75, 3.05) is 26.2 Å². The number of nitrogens with zero attached hydrogens (tertiary/aromatic N) is 3. The molecule has 0 bridgehead atoms. The van der Waals surface area contributed by atoms with Gasteiger partial charge in [-0.2, -0.15) is 5.26 Å². The van der Waals surface area contributed by atoms with Crippen LogP contribution in [-0.2, 0) is 6.42 Å². The number of aromatic amines is 1. The fourth-order valence-corrected chi connectivity index (χ4v) is 3.74. The molecule has 4 rings (SSSR count). The van der Waals surface area contributed by atoms with Crippen molar-refractivity contribution in [3.8, 4) is 6.07 Å². The number of piperazine rings is 1. The number of halogens is 2. The topological polar surface area (TPSA) is 63.1 Å². The molecule has 0 radical (unpaired) electrons. The van der Waals surface area contributed by atoms with Gasteiger partial charge < -0.3 is 9.88 Å². The van der Waals surface area contributed by atoms with E-state index in [1.165, 1.54) is 12.1 Å². The van der Waals surface area contributed by atoms with Gasteiger partial charge in [0.1, 0.15) is 11.9 Å². The van der Waals surface area contributed by atoms with Gasteiger partial charge >= 0.3 is 0 Å². The van der Waals surface area contributed by atoms with Crippen molar-refractivity contribution in [3.05, 3.63) is 71.2 Å². The molecular formula is C22H20F2N4O. The normalized spacial score (nSPS) is 16.0.